The summed E-state index contributed by atoms with van der Waals surface area (Å²) in [4.78, 5) is 14.1. The van der Waals surface area contributed by atoms with Gasteiger partial charge >= 0.3 is 5.97 Å². The number of hydrogen-bond acceptors (Lipinski definition) is 6. The maximum atomic E-state index is 13.0. The minimum Gasteiger partial charge on any atom is -0.465 e. The SMILES string of the molecule is COC(=O)c1ccc(S(=O)(=O)NCC(c2ccc(C)cc2)N2CCOCC2)c(C)c1. The van der Waals surface area contributed by atoms with Gasteiger partial charge < -0.3 is 9.47 Å². The summed E-state index contributed by atoms with van der Waals surface area (Å²) < 4.78 is 38.9. The predicted molar refractivity (Wildman–Crippen MR) is 114 cm³/mol. The molecule has 1 fully saturated rings. The first-order chi connectivity index (χ1) is 14.3. The molecule has 2 aromatic carbocycles. The van der Waals surface area contributed by atoms with Crippen molar-refractivity contribution in [3.63, 3.8) is 0 Å². The van der Waals surface area contributed by atoms with Crippen molar-refractivity contribution in [2.75, 3.05) is 40.0 Å². The Kier molecular flexibility index (Phi) is 7.25. The number of methoxy groups -OCH3 is 1. The maximum absolute atomic E-state index is 13.0. The monoisotopic (exact) mass is 432 g/mol. The Balaban J connectivity index is 1.81. The average molecular weight is 433 g/mol. The van der Waals surface area contributed by atoms with Crippen molar-refractivity contribution in [1.82, 2.24) is 9.62 Å². The zero-order valence-electron chi connectivity index (χ0n) is 17.6. The molecular formula is C22H28N2O5S. The van der Waals surface area contributed by atoms with Gasteiger partial charge in [0.1, 0.15) is 0 Å². The Labute approximate surface area is 178 Å². The number of nitrogens with zero attached hydrogens (tertiary/aromatic N) is 1. The van der Waals surface area contributed by atoms with Crippen LogP contribution in [0.5, 0.6) is 0 Å². The lowest BCUT2D eigenvalue weighted by molar-refractivity contribution is 0.0172. The van der Waals surface area contributed by atoms with Crippen molar-refractivity contribution in [3.05, 3.63) is 64.7 Å². The van der Waals surface area contributed by atoms with E-state index in [1.165, 1.54) is 25.3 Å². The topological polar surface area (TPSA) is 84.9 Å². The molecule has 1 N–H and O–H groups in total. The molecule has 1 aliphatic heterocycles. The summed E-state index contributed by atoms with van der Waals surface area (Å²) in [6.45, 7) is 6.67. The quantitative estimate of drug-likeness (QED) is 0.677. The Bertz CT molecular complexity index is 983. The molecule has 8 heteroatoms. The van der Waals surface area contributed by atoms with E-state index < -0.39 is 16.0 Å². The van der Waals surface area contributed by atoms with Gasteiger partial charge in [-0.15, -0.1) is 0 Å². The van der Waals surface area contributed by atoms with Gasteiger partial charge in [-0.2, -0.15) is 0 Å². The first-order valence-corrected chi connectivity index (χ1v) is 11.4. The van der Waals surface area contributed by atoms with Crippen molar-refractivity contribution >= 4 is 16.0 Å². The lowest BCUT2D eigenvalue weighted by atomic mass is 10.0. The number of nitrogens with one attached hydrogen (secondary N) is 1. The zero-order chi connectivity index (χ0) is 21.7. The maximum Gasteiger partial charge on any atom is 0.337 e. The summed E-state index contributed by atoms with van der Waals surface area (Å²) in [5.41, 5.74) is 3.02. The van der Waals surface area contributed by atoms with Crippen LogP contribution in [0.1, 0.15) is 33.1 Å². The molecule has 1 aliphatic rings. The molecule has 1 unspecified atom stereocenters. The standard InChI is InChI=1S/C22H28N2O5S/c1-16-4-6-18(7-5-16)20(24-10-12-29-13-11-24)15-23-30(26,27)21-9-8-19(14-17(21)2)22(25)28-3/h4-9,14,20,23H,10-13,15H2,1-3H3. The first kappa shape index (κ1) is 22.4. The summed E-state index contributed by atoms with van der Waals surface area (Å²) in [5.74, 6) is -0.498. The number of ether oxygens (including phenoxy) is 2. The Hall–Kier alpha value is -2.26. The van der Waals surface area contributed by atoms with Crippen molar-refractivity contribution in [2.45, 2.75) is 24.8 Å². The number of morpholine rings is 1. The van der Waals surface area contributed by atoms with Crippen molar-refractivity contribution < 1.29 is 22.7 Å². The van der Waals surface area contributed by atoms with Crippen molar-refractivity contribution in [2.24, 2.45) is 0 Å². The first-order valence-electron chi connectivity index (χ1n) is 9.89. The molecule has 0 aromatic heterocycles. The molecule has 0 amide bonds. The van der Waals surface area contributed by atoms with Gasteiger partial charge in [-0.25, -0.2) is 17.9 Å². The molecule has 162 valence electrons. The lowest BCUT2D eigenvalue weighted by Crippen LogP contribution is -2.43. The number of aryl methyl sites for hydroxylation is 2. The number of hydrogen-bond donors (Lipinski definition) is 1. The fourth-order valence-electron chi connectivity index (χ4n) is 3.60. The number of carbonyl (C=O) groups is 1. The normalized spacial score (nSPS) is 16.2. The second-order valence-corrected chi connectivity index (χ2v) is 9.13. The average Bonchev–Trinajstić information content (AvgIpc) is 2.75. The van der Waals surface area contributed by atoms with Crippen LogP contribution in [-0.2, 0) is 19.5 Å². The molecule has 0 spiro atoms. The number of sulfonamides is 1. The molecule has 0 radical (unpaired) electrons. The lowest BCUT2D eigenvalue weighted by Gasteiger charge is -2.35. The molecular weight excluding hydrogens is 404 g/mol. The highest BCUT2D eigenvalue weighted by atomic mass is 32.2. The van der Waals surface area contributed by atoms with E-state index >= 15 is 0 Å². The van der Waals surface area contributed by atoms with Crippen molar-refractivity contribution in [3.8, 4) is 0 Å². The van der Waals surface area contributed by atoms with Gasteiger partial charge in [0.25, 0.3) is 0 Å². The van der Waals surface area contributed by atoms with Crippen LogP contribution in [0.4, 0.5) is 0 Å². The van der Waals surface area contributed by atoms with Gasteiger partial charge in [0.05, 0.1) is 30.8 Å². The van der Waals surface area contributed by atoms with Crippen LogP contribution in [0.3, 0.4) is 0 Å². The van der Waals surface area contributed by atoms with E-state index in [2.05, 4.69) is 9.62 Å². The predicted octanol–water partition coefficient (Wildman–Crippen LogP) is 2.44. The second kappa shape index (κ2) is 9.70. The molecule has 7 nitrogen and oxygen atoms in total. The third-order valence-electron chi connectivity index (χ3n) is 5.30. The van der Waals surface area contributed by atoms with E-state index in [4.69, 9.17) is 9.47 Å². The van der Waals surface area contributed by atoms with Crippen LogP contribution in [0.15, 0.2) is 47.4 Å². The van der Waals surface area contributed by atoms with Crippen LogP contribution in [0, 0.1) is 13.8 Å². The van der Waals surface area contributed by atoms with E-state index in [-0.39, 0.29) is 17.5 Å². The summed E-state index contributed by atoms with van der Waals surface area (Å²) >= 11 is 0. The number of carbonyl (C=O) groups excluding carboxylic acids is 1. The van der Waals surface area contributed by atoms with Gasteiger partial charge in [-0.05, 0) is 43.2 Å². The molecule has 2 aromatic rings. The molecule has 0 bridgehead atoms. The highest BCUT2D eigenvalue weighted by Crippen LogP contribution is 2.23. The van der Waals surface area contributed by atoms with E-state index in [0.29, 0.717) is 24.3 Å². The summed E-state index contributed by atoms with van der Waals surface area (Å²) in [6, 6.07) is 12.5. The van der Waals surface area contributed by atoms with Gasteiger partial charge in [-0.3, -0.25) is 4.90 Å². The minimum atomic E-state index is -3.75. The number of esters is 1. The van der Waals surface area contributed by atoms with Gasteiger partial charge in [0.15, 0.2) is 0 Å². The van der Waals surface area contributed by atoms with Crippen LogP contribution in [0.25, 0.3) is 0 Å². The van der Waals surface area contributed by atoms with E-state index in [9.17, 15) is 13.2 Å². The molecule has 30 heavy (non-hydrogen) atoms. The van der Waals surface area contributed by atoms with Crippen LogP contribution in [-0.4, -0.2) is 59.2 Å². The molecule has 1 atom stereocenters. The van der Waals surface area contributed by atoms with E-state index in [0.717, 1.165) is 24.2 Å². The largest absolute Gasteiger partial charge is 0.465 e. The highest BCUT2D eigenvalue weighted by Gasteiger charge is 2.26. The fraction of sp³-hybridized carbons (Fsp3) is 0.409. The smallest absolute Gasteiger partial charge is 0.337 e. The number of benzene rings is 2. The summed E-state index contributed by atoms with van der Waals surface area (Å²) in [7, 11) is -2.46. The minimum absolute atomic E-state index is 0.0982. The Morgan fingerprint density at radius 3 is 2.40 bits per heavy atom. The molecule has 0 aliphatic carbocycles. The fourth-order valence-corrected chi connectivity index (χ4v) is 4.86. The third kappa shape index (κ3) is 5.26. The van der Waals surface area contributed by atoms with Crippen LogP contribution in [0.2, 0.25) is 0 Å². The van der Waals surface area contributed by atoms with Crippen LogP contribution < -0.4 is 4.72 Å². The summed E-state index contributed by atoms with van der Waals surface area (Å²) in [5, 5.41) is 0. The molecule has 3 rings (SSSR count). The highest BCUT2D eigenvalue weighted by molar-refractivity contribution is 7.89. The molecule has 1 saturated heterocycles. The Morgan fingerprint density at radius 1 is 1.13 bits per heavy atom. The van der Waals surface area contributed by atoms with Gasteiger partial charge in [0.2, 0.25) is 10.0 Å². The molecule has 1 heterocycles. The molecule has 0 saturated carbocycles. The van der Waals surface area contributed by atoms with Gasteiger partial charge in [-0.1, -0.05) is 29.8 Å². The van der Waals surface area contributed by atoms with Gasteiger partial charge in [0, 0.05) is 25.7 Å². The second-order valence-electron chi connectivity index (χ2n) is 7.40. The zero-order valence-corrected chi connectivity index (χ0v) is 18.4. The number of rotatable bonds is 7. The van der Waals surface area contributed by atoms with Crippen molar-refractivity contribution in [1.29, 1.82) is 0 Å². The van der Waals surface area contributed by atoms with E-state index in [1.807, 2.05) is 31.2 Å². The van der Waals surface area contributed by atoms with E-state index in [1.54, 1.807) is 6.92 Å². The third-order valence-corrected chi connectivity index (χ3v) is 6.88. The summed E-state index contributed by atoms with van der Waals surface area (Å²) in [6.07, 6.45) is 0. The van der Waals surface area contributed by atoms with Crippen LogP contribution >= 0.6 is 0 Å². The Morgan fingerprint density at radius 2 is 1.80 bits per heavy atom.